The monoisotopic (exact) mass is 642 g/mol. The van der Waals surface area contributed by atoms with Crippen molar-refractivity contribution in [1.29, 1.82) is 0 Å². The fraction of sp³-hybridized carbons (Fsp3) is 0. The van der Waals surface area contributed by atoms with E-state index in [0.717, 1.165) is 123 Å². The van der Waals surface area contributed by atoms with Crippen LogP contribution in [0.2, 0.25) is 0 Å². The van der Waals surface area contributed by atoms with Gasteiger partial charge in [-0.2, -0.15) is 0 Å². The maximum Gasteiger partial charge on any atom is 0.260 e. The lowest BCUT2D eigenvalue weighted by Gasteiger charge is -2.36. The summed E-state index contributed by atoms with van der Waals surface area (Å²) in [4.78, 5) is 0. The van der Waals surface area contributed by atoms with E-state index in [0.29, 0.717) is 0 Å². The second kappa shape index (κ2) is 8.73. The largest absolute Gasteiger partial charge is 0.458 e. The Morgan fingerprint density at radius 1 is 0.340 bits per heavy atom. The molecule has 4 aliphatic rings. The lowest BCUT2D eigenvalue weighted by atomic mass is 9.31. The van der Waals surface area contributed by atoms with E-state index < -0.39 is 0 Å². The minimum atomic E-state index is -0.131. The normalized spacial score (nSPS) is 14.2. The molecule has 0 saturated heterocycles. The fourth-order valence-electron chi connectivity index (χ4n) is 8.88. The first kappa shape index (κ1) is 25.5. The number of rotatable bonds is 0. The average Bonchev–Trinajstić information content (AvgIpc) is 3.72. The van der Waals surface area contributed by atoms with Crippen LogP contribution in [-0.4, -0.2) is 13.4 Å². The lowest BCUT2D eigenvalue weighted by Crippen LogP contribution is -2.61. The minimum Gasteiger partial charge on any atom is -0.458 e. The highest BCUT2D eigenvalue weighted by molar-refractivity contribution is 7.01. The third-order valence-electron chi connectivity index (χ3n) is 10.9. The van der Waals surface area contributed by atoms with Crippen LogP contribution < -0.4 is 51.7 Å². The fourth-order valence-corrected chi connectivity index (χ4v) is 8.88. The Kier molecular flexibility index (Phi) is 4.45. The first-order valence-electron chi connectivity index (χ1n) is 16.8. The van der Waals surface area contributed by atoms with Gasteiger partial charge in [0.15, 0.2) is 0 Å². The summed E-state index contributed by atoms with van der Waals surface area (Å²) in [5, 5.41) is 3.95. The molecule has 0 amide bonds. The smallest absolute Gasteiger partial charge is 0.260 e. The minimum absolute atomic E-state index is 0.131. The van der Waals surface area contributed by atoms with Crippen molar-refractivity contribution in [3.8, 4) is 46.0 Å². The first-order valence-corrected chi connectivity index (χ1v) is 16.8. The van der Waals surface area contributed by atoms with Gasteiger partial charge < -0.3 is 27.8 Å². The molecule has 0 N–H and O–H groups in total. The van der Waals surface area contributed by atoms with Crippen LogP contribution in [0, 0.1) is 0 Å². The molecule has 50 heavy (non-hydrogen) atoms. The molecule has 0 radical (unpaired) electrons. The summed E-state index contributed by atoms with van der Waals surface area (Å²) in [5.74, 6) is 6.15. The van der Waals surface area contributed by atoms with Gasteiger partial charge in [-0.3, -0.25) is 0 Å². The van der Waals surface area contributed by atoms with Crippen LogP contribution >= 0.6 is 0 Å². The van der Waals surface area contributed by atoms with Crippen molar-refractivity contribution in [1.82, 2.24) is 0 Å². The van der Waals surface area contributed by atoms with Crippen LogP contribution in [0.15, 0.2) is 130 Å². The SMILES string of the molecule is c1ccc2c(c1)Oc1c3c(cc4oc5ccccc5c14)Oc1cc4c(cc1B23)B1c2ccccc2Oc2c1c(cc1oc3ccccc3c21)O4. The summed E-state index contributed by atoms with van der Waals surface area (Å²) in [6, 6.07) is 41.2. The zero-order valence-electron chi connectivity index (χ0n) is 26.2. The van der Waals surface area contributed by atoms with Crippen LogP contribution in [0.25, 0.3) is 43.9 Å². The predicted molar refractivity (Wildman–Crippen MR) is 196 cm³/mol. The third-order valence-corrected chi connectivity index (χ3v) is 10.9. The van der Waals surface area contributed by atoms with Crippen LogP contribution in [0.5, 0.6) is 46.0 Å². The average molecular weight is 642 g/mol. The van der Waals surface area contributed by atoms with Crippen molar-refractivity contribution in [2.24, 2.45) is 0 Å². The van der Waals surface area contributed by atoms with Gasteiger partial charge in [-0.25, -0.2) is 0 Å². The molecule has 0 bridgehead atoms. The molecule has 0 atom stereocenters. The Morgan fingerprint density at radius 3 is 1.32 bits per heavy atom. The molecule has 0 fully saturated rings. The van der Waals surface area contributed by atoms with E-state index in [1.54, 1.807) is 0 Å². The van der Waals surface area contributed by atoms with E-state index in [4.69, 9.17) is 27.8 Å². The highest BCUT2D eigenvalue weighted by atomic mass is 16.5. The van der Waals surface area contributed by atoms with Gasteiger partial charge in [-0.1, -0.05) is 78.9 Å². The summed E-state index contributed by atoms with van der Waals surface area (Å²) >= 11 is 0. The van der Waals surface area contributed by atoms with Crippen LogP contribution in [0.4, 0.5) is 0 Å². The predicted octanol–water partition coefficient (Wildman–Crippen LogP) is 6.94. The Morgan fingerprint density at radius 2 is 0.800 bits per heavy atom. The molecule has 7 aromatic carbocycles. The topological polar surface area (TPSA) is 63.2 Å². The van der Waals surface area contributed by atoms with E-state index in [1.165, 1.54) is 0 Å². The van der Waals surface area contributed by atoms with Gasteiger partial charge in [0.1, 0.15) is 68.3 Å². The molecule has 4 aliphatic heterocycles. The molecule has 230 valence electrons. The molecule has 13 rings (SSSR count). The molecule has 8 heteroatoms. The molecular weight excluding hydrogens is 622 g/mol. The van der Waals surface area contributed by atoms with Crippen LogP contribution in [0.1, 0.15) is 0 Å². The van der Waals surface area contributed by atoms with E-state index >= 15 is 0 Å². The summed E-state index contributed by atoms with van der Waals surface area (Å²) < 4.78 is 39.9. The molecule has 9 aromatic rings. The second-order valence-corrected chi connectivity index (χ2v) is 13.5. The lowest BCUT2D eigenvalue weighted by molar-refractivity contribution is 0.453. The van der Waals surface area contributed by atoms with Crippen molar-refractivity contribution in [2.45, 2.75) is 0 Å². The van der Waals surface area contributed by atoms with Crippen molar-refractivity contribution in [3.63, 3.8) is 0 Å². The zero-order valence-corrected chi connectivity index (χ0v) is 26.2. The van der Waals surface area contributed by atoms with Gasteiger partial charge in [0.05, 0.1) is 10.8 Å². The second-order valence-electron chi connectivity index (χ2n) is 13.5. The zero-order chi connectivity index (χ0) is 32.2. The molecule has 6 heterocycles. The number of furan rings is 2. The maximum absolute atomic E-state index is 6.82. The van der Waals surface area contributed by atoms with Gasteiger partial charge in [-0.15, -0.1) is 0 Å². The quantitative estimate of drug-likeness (QED) is 0.167. The van der Waals surface area contributed by atoms with Gasteiger partial charge in [0.25, 0.3) is 13.4 Å². The number of fused-ring (bicyclic) bond motifs is 16. The molecule has 0 spiro atoms. The summed E-state index contributed by atoms with van der Waals surface area (Å²) in [5.41, 5.74) is 9.40. The number of benzene rings is 7. The van der Waals surface area contributed by atoms with Gasteiger partial charge >= 0.3 is 0 Å². The van der Waals surface area contributed by atoms with Gasteiger partial charge in [0.2, 0.25) is 0 Å². The van der Waals surface area contributed by atoms with E-state index in [9.17, 15) is 0 Å². The standard InChI is InChI=1S/C42H20B2O6/c1-5-13-27-21(9-1)37-33(45-27)19-35-39-41(37)49-29-15-7-3-11-23(29)43(39)25-17-26-32(18-31(25)47-35)48-36-20-34-38(22-10-2-6-14-28(22)46-34)42-40(36)44(26)24-12-4-8-16-30(24)50-42/h1-20H. The van der Waals surface area contributed by atoms with Crippen LogP contribution in [0.3, 0.4) is 0 Å². The van der Waals surface area contributed by atoms with Crippen molar-refractivity contribution >= 4 is 90.1 Å². The number of ether oxygens (including phenoxy) is 4. The van der Waals surface area contributed by atoms with E-state index in [2.05, 4.69) is 48.5 Å². The van der Waals surface area contributed by atoms with Gasteiger partial charge in [0, 0.05) is 39.9 Å². The highest BCUT2D eigenvalue weighted by Gasteiger charge is 2.46. The highest BCUT2D eigenvalue weighted by Crippen LogP contribution is 2.46. The van der Waals surface area contributed by atoms with Crippen molar-refractivity contribution < 1.29 is 27.8 Å². The Bertz CT molecular complexity index is 2830. The first-order chi connectivity index (χ1) is 24.8. The van der Waals surface area contributed by atoms with Crippen molar-refractivity contribution in [3.05, 3.63) is 121 Å². The summed E-state index contributed by atoms with van der Waals surface area (Å²) in [6.07, 6.45) is 0. The molecule has 0 saturated carbocycles. The number of hydrogen-bond acceptors (Lipinski definition) is 6. The number of hydrogen-bond donors (Lipinski definition) is 0. The molecule has 0 unspecified atom stereocenters. The molecule has 0 aliphatic carbocycles. The van der Waals surface area contributed by atoms with Crippen molar-refractivity contribution in [2.75, 3.05) is 0 Å². The van der Waals surface area contributed by atoms with Crippen LogP contribution in [-0.2, 0) is 0 Å². The van der Waals surface area contributed by atoms with Gasteiger partial charge in [-0.05, 0) is 46.1 Å². The van der Waals surface area contributed by atoms with E-state index in [-0.39, 0.29) is 13.4 Å². The molecule has 2 aromatic heterocycles. The molecular formula is C42H20B2O6. The van der Waals surface area contributed by atoms with E-state index in [1.807, 2.05) is 72.8 Å². The Labute approximate surface area is 284 Å². The number of para-hydroxylation sites is 4. The summed E-state index contributed by atoms with van der Waals surface area (Å²) in [7, 11) is 0. The Hall–Kier alpha value is -6.53. The summed E-state index contributed by atoms with van der Waals surface area (Å²) in [6.45, 7) is -0.262. The molecule has 6 nitrogen and oxygen atoms in total. The Balaban J connectivity index is 1.10. The third kappa shape index (κ3) is 3.04. The maximum atomic E-state index is 6.82.